The predicted molar refractivity (Wildman–Crippen MR) is 126 cm³/mol. The number of benzene rings is 4. The molecule has 34 heavy (non-hydrogen) atoms. The van der Waals surface area contributed by atoms with E-state index in [0.717, 1.165) is 24.3 Å². The lowest BCUT2D eigenvalue weighted by Crippen LogP contribution is -2.23. The number of amides is 1. The van der Waals surface area contributed by atoms with Crippen molar-refractivity contribution in [3.8, 4) is 22.3 Å². The minimum absolute atomic E-state index is 0.0342. The Morgan fingerprint density at radius 3 is 2.24 bits per heavy atom. The maximum atomic E-state index is 14.8. The van der Waals surface area contributed by atoms with Crippen LogP contribution in [-0.4, -0.2) is 19.0 Å². The van der Waals surface area contributed by atoms with Gasteiger partial charge in [-0.1, -0.05) is 66.7 Å². The Bertz CT molecular complexity index is 1350. The van der Waals surface area contributed by atoms with Crippen molar-refractivity contribution >= 4 is 11.9 Å². The number of rotatable bonds is 6. The smallest absolute Gasteiger partial charge is 0.341 e. The number of hydrogen-bond donors (Lipinski definition) is 1. The predicted octanol–water partition coefficient (Wildman–Crippen LogP) is 6.02. The van der Waals surface area contributed by atoms with Crippen LogP contribution in [0.2, 0.25) is 0 Å². The molecule has 0 saturated carbocycles. The van der Waals surface area contributed by atoms with Crippen LogP contribution in [0.5, 0.6) is 0 Å². The fraction of sp³-hybridized carbons (Fsp3) is 0.0714. The van der Waals surface area contributed by atoms with Gasteiger partial charge in [0.05, 0.1) is 7.11 Å². The Kier molecular flexibility index (Phi) is 6.78. The first-order chi connectivity index (χ1) is 16.5. The molecule has 0 heterocycles. The molecule has 170 valence electrons. The van der Waals surface area contributed by atoms with E-state index in [-0.39, 0.29) is 29.1 Å². The normalized spacial score (nSPS) is 10.6. The van der Waals surface area contributed by atoms with E-state index >= 15 is 0 Å². The topological polar surface area (TPSA) is 55.4 Å². The molecule has 0 aliphatic rings. The lowest BCUT2D eigenvalue weighted by atomic mass is 9.98. The van der Waals surface area contributed by atoms with Gasteiger partial charge in [-0.3, -0.25) is 4.79 Å². The monoisotopic (exact) mass is 457 g/mol. The van der Waals surface area contributed by atoms with Crippen molar-refractivity contribution in [2.45, 2.75) is 6.54 Å². The van der Waals surface area contributed by atoms with E-state index in [1.54, 1.807) is 24.3 Å². The molecule has 0 aliphatic carbocycles. The highest BCUT2D eigenvalue weighted by Gasteiger charge is 2.19. The zero-order valence-corrected chi connectivity index (χ0v) is 18.3. The quantitative estimate of drug-likeness (QED) is 0.361. The van der Waals surface area contributed by atoms with Crippen LogP contribution in [0.15, 0.2) is 91.0 Å². The molecule has 1 N–H and O–H groups in total. The second-order valence-electron chi connectivity index (χ2n) is 7.59. The zero-order chi connectivity index (χ0) is 24.1. The van der Waals surface area contributed by atoms with Crippen molar-refractivity contribution in [1.82, 2.24) is 5.32 Å². The van der Waals surface area contributed by atoms with Crippen molar-refractivity contribution in [1.29, 1.82) is 0 Å². The summed E-state index contributed by atoms with van der Waals surface area (Å²) >= 11 is 0. The molecular weight excluding hydrogens is 436 g/mol. The van der Waals surface area contributed by atoms with E-state index in [9.17, 15) is 18.4 Å². The first-order valence-electron chi connectivity index (χ1n) is 10.6. The van der Waals surface area contributed by atoms with Crippen LogP contribution >= 0.6 is 0 Å². The number of carbonyl (C=O) groups is 2. The fourth-order valence-electron chi connectivity index (χ4n) is 3.68. The van der Waals surface area contributed by atoms with Gasteiger partial charge in [-0.05, 0) is 46.5 Å². The standard InChI is InChI=1S/C28H21F2NO3/c1-34-28(33)26-23(11-6-12-24(26)29)20-13-14-22(25(30)16-20)17-31-27(32)21-10-5-9-19(15-21)18-7-3-2-4-8-18/h2-16H,17H2,1H3,(H,31,32). The second kappa shape index (κ2) is 10.1. The molecule has 0 atom stereocenters. The molecular formula is C28H21F2NO3. The van der Waals surface area contributed by atoms with Gasteiger partial charge in [0, 0.05) is 17.7 Å². The number of ether oxygens (including phenoxy) is 1. The van der Waals surface area contributed by atoms with Gasteiger partial charge in [0.25, 0.3) is 5.91 Å². The van der Waals surface area contributed by atoms with Gasteiger partial charge in [0.15, 0.2) is 0 Å². The molecule has 1 amide bonds. The second-order valence-corrected chi connectivity index (χ2v) is 7.59. The molecule has 0 bridgehead atoms. The molecule has 4 nitrogen and oxygen atoms in total. The first kappa shape index (κ1) is 22.9. The van der Waals surface area contributed by atoms with Crippen LogP contribution in [0, 0.1) is 11.6 Å². The Morgan fingerprint density at radius 2 is 1.50 bits per heavy atom. The summed E-state index contributed by atoms with van der Waals surface area (Å²) in [6.45, 7) is -0.0342. The summed E-state index contributed by atoms with van der Waals surface area (Å²) in [5, 5.41) is 2.73. The maximum Gasteiger partial charge on any atom is 0.341 e. The van der Waals surface area contributed by atoms with Gasteiger partial charge in [0.1, 0.15) is 17.2 Å². The van der Waals surface area contributed by atoms with Crippen molar-refractivity contribution in [3.63, 3.8) is 0 Å². The summed E-state index contributed by atoms with van der Waals surface area (Å²) in [4.78, 5) is 24.7. The Balaban J connectivity index is 1.51. The molecule has 0 fully saturated rings. The van der Waals surface area contributed by atoms with Crippen LogP contribution in [-0.2, 0) is 11.3 Å². The van der Waals surface area contributed by atoms with Crippen LogP contribution in [0.25, 0.3) is 22.3 Å². The van der Waals surface area contributed by atoms with E-state index in [1.807, 2.05) is 36.4 Å². The summed E-state index contributed by atoms with van der Waals surface area (Å²) in [5.74, 6) is -2.52. The molecule has 0 aromatic heterocycles. The molecule has 0 radical (unpaired) electrons. The van der Waals surface area contributed by atoms with Gasteiger partial charge in [-0.25, -0.2) is 13.6 Å². The number of hydrogen-bond acceptors (Lipinski definition) is 3. The van der Waals surface area contributed by atoms with E-state index in [1.165, 1.54) is 24.3 Å². The summed E-state index contributed by atoms with van der Waals surface area (Å²) in [7, 11) is 1.15. The van der Waals surface area contributed by atoms with Crippen LogP contribution in [0.4, 0.5) is 8.78 Å². The van der Waals surface area contributed by atoms with Crippen molar-refractivity contribution in [2.75, 3.05) is 7.11 Å². The minimum atomic E-state index is -0.845. The van der Waals surface area contributed by atoms with Gasteiger partial charge in [0.2, 0.25) is 0 Å². The molecule has 4 aromatic rings. The van der Waals surface area contributed by atoms with Crippen molar-refractivity contribution in [3.05, 3.63) is 119 Å². The Morgan fingerprint density at radius 1 is 0.765 bits per heavy atom. The van der Waals surface area contributed by atoms with Gasteiger partial charge in [-0.15, -0.1) is 0 Å². The number of methoxy groups -OCH3 is 1. The molecule has 4 rings (SSSR count). The van der Waals surface area contributed by atoms with Crippen molar-refractivity contribution < 1.29 is 23.1 Å². The molecule has 0 aliphatic heterocycles. The summed E-state index contributed by atoms with van der Waals surface area (Å²) < 4.78 is 33.7. The van der Waals surface area contributed by atoms with Crippen molar-refractivity contribution in [2.24, 2.45) is 0 Å². The van der Waals surface area contributed by atoms with E-state index in [4.69, 9.17) is 0 Å². The maximum absolute atomic E-state index is 14.8. The average Bonchev–Trinajstić information content (AvgIpc) is 2.87. The third-order valence-corrected chi connectivity index (χ3v) is 5.44. The van der Waals surface area contributed by atoms with Crippen LogP contribution in [0.3, 0.4) is 0 Å². The molecule has 0 unspecified atom stereocenters. The fourth-order valence-corrected chi connectivity index (χ4v) is 3.68. The third kappa shape index (κ3) is 4.86. The lowest BCUT2D eigenvalue weighted by molar-refractivity contribution is 0.0596. The number of halogens is 2. The highest BCUT2D eigenvalue weighted by molar-refractivity contribution is 5.97. The van der Waals surface area contributed by atoms with E-state index in [0.29, 0.717) is 11.1 Å². The van der Waals surface area contributed by atoms with E-state index < -0.39 is 17.6 Å². The van der Waals surface area contributed by atoms with Crippen LogP contribution in [0.1, 0.15) is 26.3 Å². The first-order valence-corrected chi connectivity index (χ1v) is 10.6. The van der Waals surface area contributed by atoms with Crippen LogP contribution < -0.4 is 5.32 Å². The van der Waals surface area contributed by atoms with Gasteiger partial charge < -0.3 is 10.1 Å². The highest BCUT2D eigenvalue weighted by atomic mass is 19.1. The summed E-state index contributed by atoms with van der Waals surface area (Å²) in [6, 6.07) is 25.2. The average molecular weight is 457 g/mol. The largest absolute Gasteiger partial charge is 0.465 e. The summed E-state index contributed by atoms with van der Waals surface area (Å²) in [5.41, 5.74) is 2.89. The zero-order valence-electron chi connectivity index (χ0n) is 18.3. The number of esters is 1. The number of nitrogens with one attached hydrogen (secondary N) is 1. The summed E-state index contributed by atoms with van der Waals surface area (Å²) in [6.07, 6.45) is 0. The highest BCUT2D eigenvalue weighted by Crippen LogP contribution is 2.28. The molecule has 0 saturated heterocycles. The van der Waals surface area contributed by atoms with E-state index in [2.05, 4.69) is 10.1 Å². The molecule has 0 spiro atoms. The van der Waals surface area contributed by atoms with Gasteiger partial charge in [-0.2, -0.15) is 0 Å². The lowest BCUT2D eigenvalue weighted by Gasteiger charge is -2.12. The Hall–Kier alpha value is -4.32. The Labute approximate surface area is 195 Å². The minimum Gasteiger partial charge on any atom is -0.465 e. The molecule has 4 aromatic carbocycles. The molecule has 6 heteroatoms. The third-order valence-electron chi connectivity index (χ3n) is 5.44. The van der Waals surface area contributed by atoms with Gasteiger partial charge >= 0.3 is 5.97 Å². The number of carbonyl (C=O) groups excluding carboxylic acids is 2. The SMILES string of the molecule is COC(=O)c1c(F)cccc1-c1ccc(CNC(=O)c2cccc(-c3ccccc3)c2)c(F)c1.